The molecule has 3 aromatic carbocycles. The number of para-hydroxylation sites is 1. The van der Waals surface area contributed by atoms with E-state index in [2.05, 4.69) is 11.4 Å². The number of halogens is 1. The quantitative estimate of drug-likeness (QED) is 0.484. The zero-order valence-corrected chi connectivity index (χ0v) is 16.0. The number of amides is 1. The molecule has 0 saturated heterocycles. The fourth-order valence-electron chi connectivity index (χ4n) is 3.01. The molecule has 4 nitrogen and oxygen atoms in total. The Morgan fingerprint density at radius 2 is 1.68 bits per heavy atom. The number of carbonyl (C=O) groups is 1. The summed E-state index contributed by atoms with van der Waals surface area (Å²) in [5.41, 5.74) is 4.19. The van der Waals surface area contributed by atoms with Gasteiger partial charge in [0.25, 0.3) is 5.91 Å². The molecule has 0 unspecified atom stereocenters. The van der Waals surface area contributed by atoms with Gasteiger partial charge in [-0.2, -0.15) is 5.10 Å². The number of hydrogen-bond donors (Lipinski definition) is 1. The molecule has 1 aromatic heterocycles. The van der Waals surface area contributed by atoms with Crippen molar-refractivity contribution in [2.75, 3.05) is 5.32 Å². The van der Waals surface area contributed by atoms with Gasteiger partial charge in [-0.15, -0.1) is 0 Å². The summed E-state index contributed by atoms with van der Waals surface area (Å²) in [6, 6.07) is 26.6. The topological polar surface area (TPSA) is 46.9 Å². The van der Waals surface area contributed by atoms with E-state index in [4.69, 9.17) is 16.7 Å². The average Bonchev–Trinajstić information content (AvgIpc) is 3.13. The zero-order chi connectivity index (χ0) is 19.5. The normalized spacial score (nSPS) is 10.6. The van der Waals surface area contributed by atoms with Gasteiger partial charge >= 0.3 is 0 Å². The van der Waals surface area contributed by atoms with E-state index in [1.807, 2.05) is 61.5 Å². The lowest BCUT2D eigenvalue weighted by Gasteiger charge is -2.09. The summed E-state index contributed by atoms with van der Waals surface area (Å²) < 4.78 is 1.73. The summed E-state index contributed by atoms with van der Waals surface area (Å²) in [6.07, 6.45) is 0. The molecule has 1 heterocycles. The molecule has 0 saturated carbocycles. The smallest absolute Gasteiger partial charge is 0.258 e. The Kier molecular flexibility index (Phi) is 4.96. The van der Waals surface area contributed by atoms with Crippen molar-refractivity contribution in [1.29, 1.82) is 0 Å². The molecule has 0 radical (unpaired) electrons. The van der Waals surface area contributed by atoms with Crippen LogP contribution >= 0.6 is 11.6 Å². The van der Waals surface area contributed by atoms with Gasteiger partial charge < -0.3 is 5.32 Å². The minimum atomic E-state index is -0.279. The number of carbonyl (C=O) groups excluding carboxylic acids is 1. The number of aromatic nitrogens is 2. The number of hydrogen-bond acceptors (Lipinski definition) is 2. The van der Waals surface area contributed by atoms with Crippen molar-refractivity contribution in [2.24, 2.45) is 0 Å². The van der Waals surface area contributed by atoms with Crippen molar-refractivity contribution in [3.8, 4) is 16.9 Å². The van der Waals surface area contributed by atoms with Crippen molar-refractivity contribution in [3.63, 3.8) is 0 Å². The monoisotopic (exact) mass is 387 g/mol. The first-order chi connectivity index (χ1) is 13.6. The highest BCUT2D eigenvalue weighted by atomic mass is 35.5. The predicted octanol–water partition coefficient (Wildman–Crippen LogP) is 5.75. The summed E-state index contributed by atoms with van der Waals surface area (Å²) in [5.74, 6) is 0.297. The van der Waals surface area contributed by atoms with E-state index in [1.165, 1.54) is 0 Å². The Hall–Kier alpha value is -3.37. The molecular formula is C23H18ClN3O. The first-order valence-corrected chi connectivity index (χ1v) is 9.28. The van der Waals surface area contributed by atoms with E-state index in [-0.39, 0.29) is 5.91 Å². The zero-order valence-electron chi connectivity index (χ0n) is 15.3. The molecule has 1 amide bonds. The van der Waals surface area contributed by atoms with Gasteiger partial charge in [-0.3, -0.25) is 4.79 Å². The molecule has 5 heteroatoms. The van der Waals surface area contributed by atoms with Gasteiger partial charge in [0, 0.05) is 11.6 Å². The van der Waals surface area contributed by atoms with E-state index in [1.54, 1.807) is 28.9 Å². The van der Waals surface area contributed by atoms with Crippen LogP contribution in [0.15, 0.2) is 84.9 Å². The van der Waals surface area contributed by atoms with E-state index >= 15 is 0 Å². The van der Waals surface area contributed by atoms with Gasteiger partial charge in [-0.1, -0.05) is 65.7 Å². The summed E-state index contributed by atoms with van der Waals surface area (Å²) >= 11 is 6.18. The summed E-state index contributed by atoms with van der Waals surface area (Å²) in [7, 11) is 0. The Labute approximate surface area is 168 Å². The Morgan fingerprint density at radius 3 is 2.43 bits per heavy atom. The first-order valence-electron chi connectivity index (χ1n) is 8.90. The molecule has 0 fully saturated rings. The third kappa shape index (κ3) is 3.68. The molecule has 138 valence electrons. The molecule has 0 aliphatic rings. The maximum absolute atomic E-state index is 12.8. The van der Waals surface area contributed by atoms with Crippen LogP contribution in [0.3, 0.4) is 0 Å². The van der Waals surface area contributed by atoms with Gasteiger partial charge in [-0.25, -0.2) is 4.68 Å². The van der Waals surface area contributed by atoms with Crippen LogP contribution in [0.1, 0.15) is 15.9 Å². The van der Waals surface area contributed by atoms with Crippen LogP contribution in [0, 0.1) is 6.92 Å². The predicted molar refractivity (Wildman–Crippen MR) is 113 cm³/mol. The highest BCUT2D eigenvalue weighted by molar-refractivity contribution is 6.34. The lowest BCUT2D eigenvalue weighted by Crippen LogP contribution is -2.15. The summed E-state index contributed by atoms with van der Waals surface area (Å²) in [6.45, 7) is 2.04. The molecule has 0 aliphatic heterocycles. The maximum atomic E-state index is 12.8. The third-order valence-electron chi connectivity index (χ3n) is 4.38. The Balaban J connectivity index is 1.77. The van der Waals surface area contributed by atoms with E-state index in [0.717, 1.165) is 22.5 Å². The number of aryl methyl sites for hydroxylation is 1. The molecule has 1 N–H and O–H groups in total. The van der Waals surface area contributed by atoms with Gasteiger partial charge in [0.15, 0.2) is 0 Å². The van der Waals surface area contributed by atoms with Crippen LogP contribution < -0.4 is 5.32 Å². The SMILES string of the molecule is Cc1cccc(-c2cc(NC(=O)c3ccccc3Cl)n(-c3ccccc3)n2)c1. The lowest BCUT2D eigenvalue weighted by atomic mass is 10.1. The second kappa shape index (κ2) is 7.71. The van der Waals surface area contributed by atoms with Crippen molar-refractivity contribution in [3.05, 3.63) is 101 Å². The van der Waals surface area contributed by atoms with E-state index < -0.39 is 0 Å². The highest BCUT2D eigenvalue weighted by Gasteiger charge is 2.16. The average molecular weight is 388 g/mol. The molecule has 4 aromatic rings. The largest absolute Gasteiger partial charge is 0.306 e. The van der Waals surface area contributed by atoms with Crippen LogP contribution in [-0.2, 0) is 0 Å². The molecular weight excluding hydrogens is 370 g/mol. The van der Waals surface area contributed by atoms with Crippen molar-refractivity contribution in [1.82, 2.24) is 9.78 Å². The second-order valence-corrected chi connectivity index (χ2v) is 6.87. The number of nitrogens with one attached hydrogen (secondary N) is 1. The van der Waals surface area contributed by atoms with Crippen LogP contribution in [0.4, 0.5) is 5.82 Å². The van der Waals surface area contributed by atoms with Gasteiger partial charge in [0.1, 0.15) is 5.82 Å². The van der Waals surface area contributed by atoms with Crippen molar-refractivity contribution in [2.45, 2.75) is 6.92 Å². The maximum Gasteiger partial charge on any atom is 0.258 e. The number of rotatable bonds is 4. The highest BCUT2D eigenvalue weighted by Crippen LogP contribution is 2.26. The van der Waals surface area contributed by atoms with E-state index in [0.29, 0.717) is 16.4 Å². The fourth-order valence-corrected chi connectivity index (χ4v) is 3.23. The van der Waals surface area contributed by atoms with Gasteiger partial charge in [-0.05, 0) is 37.3 Å². The summed E-state index contributed by atoms with van der Waals surface area (Å²) in [4.78, 5) is 12.8. The van der Waals surface area contributed by atoms with Crippen molar-refractivity contribution < 1.29 is 4.79 Å². The molecule has 4 rings (SSSR count). The van der Waals surface area contributed by atoms with Crippen LogP contribution in [-0.4, -0.2) is 15.7 Å². The first kappa shape index (κ1) is 18.0. The molecule has 0 bridgehead atoms. The lowest BCUT2D eigenvalue weighted by molar-refractivity contribution is 0.102. The fraction of sp³-hybridized carbons (Fsp3) is 0.0435. The molecule has 0 aliphatic carbocycles. The molecule has 28 heavy (non-hydrogen) atoms. The number of nitrogens with zero attached hydrogens (tertiary/aromatic N) is 2. The second-order valence-electron chi connectivity index (χ2n) is 6.47. The molecule has 0 spiro atoms. The number of benzene rings is 3. The van der Waals surface area contributed by atoms with Gasteiger partial charge in [0.2, 0.25) is 0 Å². The Bertz CT molecular complexity index is 1140. The van der Waals surface area contributed by atoms with Crippen molar-refractivity contribution >= 4 is 23.3 Å². The van der Waals surface area contributed by atoms with Gasteiger partial charge in [0.05, 0.1) is 22.0 Å². The van der Waals surface area contributed by atoms with Crippen LogP contribution in [0.2, 0.25) is 5.02 Å². The Morgan fingerprint density at radius 1 is 0.929 bits per heavy atom. The minimum absolute atomic E-state index is 0.279. The molecule has 0 atom stereocenters. The third-order valence-corrected chi connectivity index (χ3v) is 4.71. The summed E-state index contributed by atoms with van der Waals surface area (Å²) in [5, 5.41) is 8.09. The number of anilines is 1. The van der Waals surface area contributed by atoms with Crippen LogP contribution in [0.25, 0.3) is 16.9 Å². The minimum Gasteiger partial charge on any atom is -0.306 e. The van der Waals surface area contributed by atoms with E-state index in [9.17, 15) is 4.79 Å². The standard InChI is InChI=1S/C23H18ClN3O/c1-16-8-7-9-17(14-16)21-15-22(27(26-21)18-10-3-2-4-11-18)25-23(28)19-12-5-6-13-20(19)24/h2-15H,1H3,(H,25,28). The van der Waals surface area contributed by atoms with Crippen LogP contribution in [0.5, 0.6) is 0 Å².